The lowest BCUT2D eigenvalue weighted by Gasteiger charge is -2.22. The molecule has 116 valence electrons. The van der Waals surface area contributed by atoms with E-state index in [4.69, 9.17) is 0 Å². The number of nitrogens with zero attached hydrogens (tertiary/aromatic N) is 1. The first-order chi connectivity index (χ1) is 9.69. The molecule has 0 amide bonds. The smallest absolute Gasteiger partial charge is 0.311 e. The number of hydrogen-bond acceptors (Lipinski definition) is 4. The van der Waals surface area contributed by atoms with Crippen LogP contribution >= 0.6 is 0 Å². The van der Waals surface area contributed by atoms with Gasteiger partial charge in [-0.25, -0.2) is 17.5 Å². The van der Waals surface area contributed by atoms with Crippen molar-refractivity contribution in [3.8, 4) is 0 Å². The van der Waals surface area contributed by atoms with Crippen LogP contribution in [0.3, 0.4) is 0 Å². The Hall–Kier alpha value is -1.67. The molecular formula is C13H17FN2O4S. The average molecular weight is 316 g/mol. The number of hydrogen-bond donors (Lipinski definition) is 2. The second-order valence-corrected chi connectivity index (χ2v) is 7.24. The lowest BCUT2D eigenvalue weighted by molar-refractivity contribution is -0.146. The minimum absolute atomic E-state index is 0.161. The Morgan fingerprint density at radius 2 is 2.14 bits per heavy atom. The van der Waals surface area contributed by atoms with Gasteiger partial charge in [0.15, 0.2) is 0 Å². The highest BCUT2D eigenvalue weighted by molar-refractivity contribution is 7.89. The third-order valence-corrected chi connectivity index (χ3v) is 5.24. The number of nitrogens with one attached hydrogen (secondary N) is 1. The molecule has 1 aromatic carbocycles. The fourth-order valence-corrected chi connectivity index (χ4v) is 3.11. The SMILES string of the molecule is CNS(=O)(=O)c1ccc(N2CCC(C)(C(=O)O)C2)c(F)c1. The number of aliphatic carboxylic acids is 1. The fraction of sp³-hybridized carbons (Fsp3) is 0.462. The van der Waals surface area contributed by atoms with Crippen molar-refractivity contribution >= 4 is 21.7 Å². The summed E-state index contributed by atoms with van der Waals surface area (Å²) in [7, 11) is -2.45. The van der Waals surface area contributed by atoms with Crippen LogP contribution in [-0.2, 0) is 14.8 Å². The van der Waals surface area contributed by atoms with Crippen LogP contribution in [0.4, 0.5) is 10.1 Å². The number of rotatable bonds is 4. The molecule has 0 bridgehead atoms. The van der Waals surface area contributed by atoms with Gasteiger partial charge in [0.2, 0.25) is 10.0 Å². The average Bonchev–Trinajstić information content (AvgIpc) is 2.82. The van der Waals surface area contributed by atoms with Crippen LogP contribution in [0, 0.1) is 11.2 Å². The molecule has 1 fully saturated rings. The number of halogens is 1. The standard InChI is InChI=1S/C13H17FN2O4S/c1-13(12(17)18)5-6-16(8-13)11-4-3-9(7-10(11)14)21(19,20)15-2/h3-4,7,15H,5-6,8H2,1-2H3,(H,17,18). The number of carboxylic acid groups (broad SMARTS) is 1. The molecule has 21 heavy (non-hydrogen) atoms. The highest BCUT2D eigenvalue weighted by Gasteiger charge is 2.41. The normalized spacial score (nSPS) is 22.5. The van der Waals surface area contributed by atoms with E-state index in [0.29, 0.717) is 13.0 Å². The molecule has 0 spiro atoms. The second kappa shape index (κ2) is 5.27. The molecule has 1 saturated heterocycles. The summed E-state index contributed by atoms with van der Waals surface area (Å²) in [6.07, 6.45) is 0.415. The van der Waals surface area contributed by atoms with Crippen molar-refractivity contribution in [2.45, 2.75) is 18.2 Å². The van der Waals surface area contributed by atoms with Crippen LogP contribution in [0.15, 0.2) is 23.1 Å². The van der Waals surface area contributed by atoms with E-state index in [1.807, 2.05) is 0 Å². The first kappa shape index (κ1) is 15.7. The van der Waals surface area contributed by atoms with Crippen LogP contribution < -0.4 is 9.62 Å². The molecule has 1 atom stereocenters. The third kappa shape index (κ3) is 2.86. The summed E-state index contributed by atoms with van der Waals surface area (Å²) in [5.41, 5.74) is -0.697. The Kier molecular flexibility index (Phi) is 3.94. The minimum atomic E-state index is -3.70. The number of benzene rings is 1. The van der Waals surface area contributed by atoms with E-state index >= 15 is 0 Å². The summed E-state index contributed by atoms with van der Waals surface area (Å²) >= 11 is 0. The zero-order valence-corrected chi connectivity index (χ0v) is 12.6. The molecule has 0 saturated carbocycles. The van der Waals surface area contributed by atoms with Crippen LogP contribution in [0.2, 0.25) is 0 Å². The Balaban J connectivity index is 2.30. The van der Waals surface area contributed by atoms with Gasteiger partial charge >= 0.3 is 5.97 Å². The maximum Gasteiger partial charge on any atom is 0.311 e. The Labute approximate surface area is 122 Å². The predicted molar refractivity (Wildman–Crippen MR) is 75.2 cm³/mol. The van der Waals surface area contributed by atoms with Crippen molar-refractivity contribution in [1.29, 1.82) is 0 Å². The van der Waals surface area contributed by atoms with Crippen molar-refractivity contribution < 1.29 is 22.7 Å². The van der Waals surface area contributed by atoms with E-state index in [0.717, 1.165) is 6.07 Å². The number of carboxylic acids is 1. The zero-order chi connectivity index (χ0) is 15.8. The number of anilines is 1. The predicted octanol–water partition coefficient (Wildman–Crippen LogP) is 1.03. The summed E-state index contributed by atoms with van der Waals surface area (Å²) in [6.45, 7) is 2.22. The molecule has 0 radical (unpaired) electrons. The van der Waals surface area contributed by atoms with Gasteiger partial charge in [-0.1, -0.05) is 0 Å². The lowest BCUT2D eigenvalue weighted by Crippen LogP contribution is -2.32. The first-order valence-corrected chi connectivity index (χ1v) is 7.89. The van der Waals surface area contributed by atoms with Gasteiger partial charge in [0.25, 0.3) is 0 Å². The summed E-state index contributed by atoms with van der Waals surface area (Å²) in [5, 5.41) is 9.18. The molecule has 1 heterocycles. The minimum Gasteiger partial charge on any atom is -0.481 e. The summed E-state index contributed by atoms with van der Waals surface area (Å²) in [5.74, 6) is -1.60. The van der Waals surface area contributed by atoms with Gasteiger partial charge in [0.05, 0.1) is 16.0 Å². The molecule has 1 aliphatic rings. The van der Waals surface area contributed by atoms with Gasteiger partial charge in [-0.2, -0.15) is 0 Å². The first-order valence-electron chi connectivity index (χ1n) is 6.41. The number of carbonyl (C=O) groups is 1. The maximum absolute atomic E-state index is 14.1. The van der Waals surface area contributed by atoms with E-state index < -0.39 is 27.2 Å². The highest BCUT2D eigenvalue weighted by Crippen LogP contribution is 2.35. The molecule has 0 aromatic heterocycles. The van der Waals surface area contributed by atoms with Crippen LogP contribution in [0.25, 0.3) is 0 Å². The second-order valence-electron chi connectivity index (χ2n) is 5.36. The topological polar surface area (TPSA) is 86.7 Å². The van der Waals surface area contributed by atoms with Crippen molar-refractivity contribution in [1.82, 2.24) is 4.72 Å². The van der Waals surface area contributed by atoms with Crippen LogP contribution in [0.5, 0.6) is 0 Å². The number of sulfonamides is 1. The molecule has 2 N–H and O–H groups in total. The molecule has 8 heteroatoms. The summed E-state index contributed by atoms with van der Waals surface area (Å²) in [6, 6.07) is 3.62. The lowest BCUT2D eigenvalue weighted by atomic mass is 9.90. The zero-order valence-electron chi connectivity index (χ0n) is 11.8. The van der Waals surface area contributed by atoms with E-state index in [1.165, 1.54) is 19.2 Å². The molecule has 2 rings (SSSR count). The van der Waals surface area contributed by atoms with Gasteiger partial charge in [0, 0.05) is 13.1 Å². The third-order valence-electron chi connectivity index (χ3n) is 3.83. The molecule has 6 nitrogen and oxygen atoms in total. The van der Waals surface area contributed by atoms with E-state index in [-0.39, 0.29) is 17.1 Å². The molecule has 1 aliphatic heterocycles. The Bertz CT molecular complexity index is 677. The Morgan fingerprint density at radius 1 is 1.48 bits per heavy atom. The molecule has 0 aliphatic carbocycles. The van der Waals surface area contributed by atoms with Gasteiger partial charge in [-0.15, -0.1) is 0 Å². The summed E-state index contributed by atoms with van der Waals surface area (Å²) in [4.78, 5) is 12.7. The maximum atomic E-state index is 14.1. The van der Waals surface area contributed by atoms with Crippen molar-refractivity contribution in [2.24, 2.45) is 5.41 Å². The van der Waals surface area contributed by atoms with Gasteiger partial charge in [-0.05, 0) is 38.6 Å². The van der Waals surface area contributed by atoms with Crippen LogP contribution in [0.1, 0.15) is 13.3 Å². The fourth-order valence-electron chi connectivity index (χ4n) is 2.37. The van der Waals surface area contributed by atoms with E-state index in [9.17, 15) is 22.7 Å². The van der Waals surface area contributed by atoms with Gasteiger partial charge in [0.1, 0.15) is 5.82 Å². The van der Waals surface area contributed by atoms with Crippen molar-refractivity contribution in [3.63, 3.8) is 0 Å². The van der Waals surface area contributed by atoms with E-state index in [2.05, 4.69) is 4.72 Å². The van der Waals surface area contributed by atoms with Gasteiger partial charge < -0.3 is 10.0 Å². The quantitative estimate of drug-likeness (QED) is 0.866. The van der Waals surface area contributed by atoms with Crippen molar-refractivity contribution in [2.75, 3.05) is 25.0 Å². The highest BCUT2D eigenvalue weighted by atomic mass is 32.2. The van der Waals surface area contributed by atoms with Crippen molar-refractivity contribution in [3.05, 3.63) is 24.0 Å². The Morgan fingerprint density at radius 3 is 2.62 bits per heavy atom. The molecule has 1 aromatic rings. The largest absolute Gasteiger partial charge is 0.481 e. The van der Waals surface area contributed by atoms with E-state index in [1.54, 1.807) is 11.8 Å². The molecular weight excluding hydrogens is 299 g/mol. The monoisotopic (exact) mass is 316 g/mol. The van der Waals surface area contributed by atoms with Gasteiger partial charge in [-0.3, -0.25) is 4.79 Å². The molecule has 1 unspecified atom stereocenters. The van der Waals surface area contributed by atoms with Crippen LogP contribution in [-0.4, -0.2) is 39.6 Å². The summed E-state index contributed by atoms with van der Waals surface area (Å²) < 4.78 is 39.5.